The van der Waals surface area contributed by atoms with Crippen molar-refractivity contribution in [1.29, 1.82) is 0 Å². The third-order valence-corrected chi connectivity index (χ3v) is 6.59. The highest BCUT2D eigenvalue weighted by Gasteiger charge is 2.22. The minimum absolute atomic E-state index is 0.0450. The van der Waals surface area contributed by atoms with Crippen LogP contribution in [-0.2, 0) is 6.54 Å². The minimum Gasteiger partial charge on any atom is -0.353 e. The summed E-state index contributed by atoms with van der Waals surface area (Å²) < 4.78 is 16.6. The molecule has 166 valence electrons. The first kappa shape index (κ1) is 19.9. The van der Waals surface area contributed by atoms with Gasteiger partial charge in [-0.2, -0.15) is 5.10 Å². The second-order valence-corrected chi connectivity index (χ2v) is 8.74. The molecule has 0 spiro atoms. The van der Waals surface area contributed by atoms with Crippen LogP contribution in [0.15, 0.2) is 59.2 Å². The monoisotopic (exact) mass is 462 g/mol. The number of aromatic nitrogens is 6. The molecule has 1 saturated heterocycles. The van der Waals surface area contributed by atoms with Crippen LogP contribution in [0.1, 0.15) is 5.69 Å². The van der Waals surface area contributed by atoms with Crippen molar-refractivity contribution < 1.29 is 4.39 Å². The van der Waals surface area contributed by atoms with Crippen molar-refractivity contribution in [2.45, 2.75) is 6.54 Å². The second kappa shape index (κ2) is 8.01. The summed E-state index contributed by atoms with van der Waals surface area (Å²) in [7, 11) is 0. The summed E-state index contributed by atoms with van der Waals surface area (Å²) >= 11 is 1.46. The summed E-state index contributed by atoms with van der Waals surface area (Å²) in [4.78, 5) is 31.0. The maximum Gasteiger partial charge on any atom is 0.258 e. The Morgan fingerprint density at radius 3 is 2.70 bits per heavy atom. The number of benzene rings is 1. The average molecular weight is 463 g/mol. The molecule has 1 aliphatic rings. The molecule has 0 atom stereocenters. The molecule has 33 heavy (non-hydrogen) atoms. The zero-order valence-corrected chi connectivity index (χ0v) is 18.3. The fraction of sp³-hybridized carbons (Fsp3) is 0.227. The molecule has 0 radical (unpaired) electrons. The quantitative estimate of drug-likeness (QED) is 0.405. The van der Waals surface area contributed by atoms with E-state index in [-0.39, 0.29) is 11.4 Å². The molecule has 1 aliphatic heterocycles. The Labute approximate surface area is 191 Å². The van der Waals surface area contributed by atoms with E-state index in [1.54, 1.807) is 46.0 Å². The summed E-state index contributed by atoms with van der Waals surface area (Å²) in [6.45, 7) is 3.85. The van der Waals surface area contributed by atoms with Gasteiger partial charge in [-0.25, -0.2) is 24.0 Å². The van der Waals surface area contributed by atoms with Crippen LogP contribution in [-0.4, -0.2) is 60.2 Å². The number of rotatable bonds is 4. The molecule has 0 N–H and O–H groups in total. The van der Waals surface area contributed by atoms with E-state index in [4.69, 9.17) is 0 Å². The first-order valence-electron chi connectivity index (χ1n) is 10.5. The number of fused-ring (bicyclic) bond motifs is 2. The highest BCUT2D eigenvalue weighted by Crippen LogP contribution is 2.25. The zero-order valence-electron chi connectivity index (χ0n) is 17.5. The first-order valence-corrected chi connectivity index (χ1v) is 11.4. The highest BCUT2D eigenvalue weighted by atomic mass is 32.1. The molecule has 5 heterocycles. The van der Waals surface area contributed by atoms with Gasteiger partial charge < -0.3 is 4.90 Å². The first-order chi connectivity index (χ1) is 16.2. The molecule has 0 aliphatic carbocycles. The van der Waals surface area contributed by atoms with Crippen molar-refractivity contribution in [1.82, 2.24) is 34.0 Å². The number of halogens is 1. The predicted molar refractivity (Wildman–Crippen MR) is 123 cm³/mol. The van der Waals surface area contributed by atoms with Crippen LogP contribution in [0.2, 0.25) is 0 Å². The van der Waals surface area contributed by atoms with E-state index in [1.165, 1.54) is 23.5 Å². The molecule has 9 nitrogen and oxygen atoms in total. The number of piperazine rings is 1. The second-order valence-electron chi connectivity index (χ2n) is 7.87. The lowest BCUT2D eigenvalue weighted by atomic mass is 10.2. The van der Waals surface area contributed by atoms with E-state index in [1.807, 2.05) is 5.38 Å². The van der Waals surface area contributed by atoms with E-state index in [9.17, 15) is 9.18 Å². The average Bonchev–Trinajstić information content (AvgIpc) is 3.48. The molecule has 0 saturated carbocycles. The van der Waals surface area contributed by atoms with Gasteiger partial charge in [0.05, 0.1) is 23.0 Å². The molecule has 0 bridgehead atoms. The zero-order chi connectivity index (χ0) is 22.4. The fourth-order valence-electron chi connectivity index (χ4n) is 4.17. The van der Waals surface area contributed by atoms with Crippen LogP contribution >= 0.6 is 11.3 Å². The van der Waals surface area contributed by atoms with Gasteiger partial charge in [-0.05, 0) is 24.3 Å². The molecule has 6 rings (SSSR count). The Balaban J connectivity index is 1.20. The summed E-state index contributed by atoms with van der Waals surface area (Å²) in [5, 5.41) is 7.19. The lowest BCUT2D eigenvalue weighted by Gasteiger charge is -2.35. The molecule has 11 heteroatoms. The topological polar surface area (TPSA) is 84.5 Å². The van der Waals surface area contributed by atoms with Crippen LogP contribution in [0.25, 0.3) is 21.7 Å². The molecule has 5 aromatic rings. The molecule has 1 fully saturated rings. The van der Waals surface area contributed by atoms with Crippen molar-refractivity contribution in [2.75, 3.05) is 31.1 Å². The van der Waals surface area contributed by atoms with E-state index >= 15 is 0 Å². The molecular formula is C22H19FN8OS. The fourth-order valence-corrected chi connectivity index (χ4v) is 4.91. The minimum atomic E-state index is -0.292. The Kier molecular flexibility index (Phi) is 4.84. The van der Waals surface area contributed by atoms with Crippen molar-refractivity contribution in [3.05, 3.63) is 76.3 Å². The van der Waals surface area contributed by atoms with Gasteiger partial charge in [0.25, 0.3) is 5.56 Å². The predicted octanol–water partition coefficient (Wildman–Crippen LogP) is 2.35. The van der Waals surface area contributed by atoms with Crippen LogP contribution in [0.4, 0.5) is 10.2 Å². The van der Waals surface area contributed by atoms with Gasteiger partial charge >= 0.3 is 0 Å². The van der Waals surface area contributed by atoms with E-state index in [0.717, 1.165) is 53.7 Å². The van der Waals surface area contributed by atoms with Gasteiger partial charge in [0.15, 0.2) is 10.6 Å². The smallest absolute Gasteiger partial charge is 0.258 e. The Hall–Kier alpha value is -3.70. The largest absolute Gasteiger partial charge is 0.353 e. The third kappa shape index (κ3) is 3.64. The molecule has 4 aromatic heterocycles. The number of thiazole rings is 1. The third-order valence-electron chi connectivity index (χ3n) is 5.83. The standard InChI is InChI=1S/C22H19FN8OS/c23-15-1-3-17(4-2-15)31-21-18(12-26-31)20(24-14-25-21)29-7-5-28(6-8-29)13-16-11-19(32)30-9-10-33-22(30)27-16/h1-4,9-12,14H,5-8,13H2. The normalized spacial score (nSPS) is 15.0. The summed E-state index contributed by atoms with van der Waals surface area (Å²) in [5.41, 5.74) is 2.17. The van der Waals surface area contributed by atoms with Crippen LogP contribution in [0.3, 0.4) is 0 Å². The Morgan fingerprint density at radius 2 is 1.88 bits per heavy atom. The van der Waals surface area contributed by atoms with E-state index in [0.29, 0.717) is 12.2 Å². The molecule has 0 unspecified atom stereocenters. The number of hydrogen-bond donors (Lipinski definition) is 0. The number of nitrogens with zero attached hydrogens (tertiary/aromatic N) is 8. The molecule has 1 aromatic carbocycles. The van der Waals surface area contributed by atoms with Crippen LogP contribution in [0.5, 0.6) is 0 Å². The van der Waals surface area contributed by atoms with Gasteiger partial charge in [-0.15, -0.1) is 11.3 Å². The van der Waals surface area contributed by atoms with Crippen molar-refractivity contribution in [3.63, 3.8) is 0 Å². The lowest BCUT2D eigenvalue weighted by molar-refractivity contribution is 0.247. The van der Waals surface area contributed by atoms with E-state index < -0.39 is 0 Å². The number of hydrogen-bond acceptors (Lipinski definition) is 8. The Morgan fingerprint density at radius 1 is 1.06 bits per heavy atom. The Bertz CT molecular complexity index is 1500. The van der Waals surface area contributed by atoms with Crippen LogP contribution in [0, 0.1) is 5.82 Å². The van der Waals surface area contributed by atoms with Gasteiger partial charge in [0, 0.05) is 50.4 Å². The van der Waals surface area contributed by atoms with Gasteiger partial charge in [0.1, 0.15) is 18.0 Å². The molecular weight excluding hydrogens is 443 g/mol. The molecule has 0 amide bonds. The summed E-state index contributed by atoms with van der Waals surface area (Å²) in [5.74, 6) is 0.545. The lowest BCUT2D eigenvalue weighted by Crippen LogP contribution is -2.46. The summed E-state index contributed by atoms with van der Waals surface area (Å²) in [6.07, 6.45) is 5.05. The van der Waals surface area contributed by atoms with Gasteiger partial charge in [-0.3, -0.25) is 14.1 Å². The van der Waals surface area contributed by atoms with Crippen molar-refractivity contribution in [3.8, 4) is 5.69 Å². The number of anilines is 1. The van der Waals surface area contributed by atoms with E-state index in [2.05, 4.69) is 29.9 Å². The summed E-state index contributed by atoms with van der Waals surface area (Å²) in [6, 6.07) is 7.78. The SMILES string of the molecule is O=c1cc(CN2CCN(c3ncnc4c3cnn4-c3ccc(F)cc3)CC2)nc2sccn12. The van der Waals surface area contributed by atoms with Crippen molar-refractivity contribution >= 4 is 33.1 Å². The maximum absolute atomic E-state index is 13.3. The highest BCUT2D eigenvalue weighted by molar-refractivity contribution is 7.15. The van der Waals surface area contributed by atoms with Crippen molar-refractivity contribution in [2.24, 2.45) is 0 Å². The maximum atomic E-state index is 13.3. The van der Waals surface area contributed by atoms with Crippen LogP contribution < -0.4 is 10.5 Å². The van der Waals surface area contributed by atoms with Gasteiger partial charge in [-0.1, -0.05) is 0 Å². The van der Waals surface area contributed by atoms with Gasteiger partial charge in [0.2, 0.25) is 0 Å².